The third-order valence-corrected chi connectivity index (χ3v) is 5.46. The first-order valence-electron chi connectivity index (χ1n) is 8.88. The number of ketones is 1. The van der Waals surface area contributed by atoms with Gasteiger partial charge in [0.2, 0.25) is 0 Å². The maximum atomic E-state index is 13.8. The van der Waals surface area contributed by atoms with Crippen LogP contribution in [0.3, 0.4) is 0 Å². The number of ether oxygens (including phenoxy) is 3. The van der Waals surface area contributed by atoms with E-state index in [1.165, 1.54) is 37.3 Å². The average molecular weight is 405 g/mol. The van der Waals surface area contributed by atoms with E-state index in [4.69, 9.17) is 14.2 Å². The molecule has 1 unspecified atom stereocenters. The number of carbonyl (C=O) groups excluding carboxylic acids is 2. The summed E-state index contributed by atoms with van der Waals surface area (Å²) >= 11 is 0. The molecule has 0 fully saturated rings. The molecule has 6 nitrogen and oxygen atoms in total. The lowest BCUT2D eigenvalue weighted by molar-refractivity contribution is -0.151. The third kappa shape index (κ3) is 2.24. The van der Waals surface area contributed by atoms with Gasteiger partial charge >= 0.3 is 6.30 Å². The predicted octanol–water partition coefficient (Wildman–Crippen LogP) is 3.21. The van der Waals surface area contributed by atoms with Crippen LogP contribution in [0.4, 0.5) is 18.9 Å². The normalized spacial score (nSPS) is 21.8. The molecule has 0 saturated heterocycles. The standard InChI is InChI=1S/C20H14F3NO5/c1-10(25)11-3-2-4-13-17(11)19(18(26)24(13)20(21,22)23)9-29-14-8-16-15(7-12(14)19)27-5-6-28-16/h2-4,7-8H,5-6,9H2,1H3. The highest BCUT2D eigenvalue weighted by molar-refractivity contribution is 6.15. The van der Waals surface area contributed by atoms with Gasteiger partial charge in [-0.15, -0.1) is 13.2 Å². The van der Waals surface area contributed by atoms with Crippen molar-refractivity contribution in [1.29, 1.82) is 0 Å². The molecule has 2 aromatic carbocycles. The number of Topliss-reactive ketones (excluding diaryl/α,β-unsaturated/α-hetero) is 1. The molecule has 0 aliphatic carbocycles. The van der Waals surface area contributed by atoms with E-state index in [0.29, 0.717) is 18.1 Å². The molecule has 5 rings (SSSR count). The zero-order valence-electron chi connectivity index (χ0n) is 15.1. The van der Waals surface area contributed by atoms with Gasteiger partial charge in [-0.05, 0) is 19.1 Å². The molecule has 0 radical (unpaired) electrons. The van der Waals surface area contributed by atoms with Gasteiger partial charge in [-0.1, -0.05) is 12.1 Å². The van der Waals surface area contributed by atoms with Crippen molar-refractivity contribution in [2.45, 2.75) is 18.6 Å². The van der Waals surface area contributed by atoms with Crippen LogP contribution in [0.25, 0.3) is 0 Å². The van der Waals surface area contributed by atoms with Gasteiger partial charge in [-0.25, -0.2) is 4.90 Å². The van der Waals surface area contributed by atoms with Crippen molar-refractivity contribution in [3.63, 3.8) is 0 Å². The second kappa shape index (κ2) is 5.65. The summed E-state index contributed by atoms with van der Waals surface area (Å²) in [5.41, 5.74) is -1.87. The minimum absolute atomic E-state index is 0.00486. The van der Waals surface area contributed by atoms with Gasteiger partial charge in [0.25, 0.3) is 5.91 Å². The summed E-state index contributed by atoms with van der Waals surface area (Å²) in [4.78, 5) is 25.3. The molecule has 1 spiro atoms. The first-order valence-corrected chi connectivity index (χ1v) is 8.88. The maximum absolute atomic E-state index is 13.8. The fourth-order valence-electron chi connectivity index (χ4n) is 4.30. The van der Waals surface area contributed by atoms with Crippen molar-refractivity contribution >= 4 is 17.4 Å². The monoisotopic (exact) mass is 405 g/mol. The smallest absolute Gasteiger partial charge is 0.491 e. The molecule has 1 atom stereocenters. The first kappa shape index (κ1) is 17.8. The molecule has 2 aromatic rings. The van der Waals surface area contributed by atoms with Crippen molar-refractivity contribution in [3.8, 4) is 17.2 Å². The highest BCUT2D eigenvalue weighted by atomic mass is 19.4. The number of alkyl halides is 3. The summed E-state index contributed by atoms with van der Waals surface area (Å²) in [5, 5.41) is 0. The van der Waals surface area contributed by atoms with Crippen LogP contribution >= 0.6 is 0 Å². The zero-order chi connectivity index (χ0) is 20.6. The van der Waals surface area contributed by atoms with Crippen LogP contribution in [0, 0.1) is 0 Å². The summed E-state index contributed by atoms with van der Waals surface area (Å²) in [5.74, 6) is -0.700. The van der Waals surface area contributed by atoms with Gasteiger partial charge in [-0.2, -0.15) is 0 Å². The van der Waals surface area contributed by atoms with Crippen LogP contribution in [-0.4, -0.2) is 37.8 Å². The number of anilines is 1. The zero-order valence-corrected chi connectivity index (χ0v) is 15.1. The molecule has 0 N–H and O–H groups in total. The third-order valence-electron chi connectivity index (χ3n) is 5.46. The van der Waals surface area contributed by atoms with E-state index in [0.717, 1.165) is 0 Å². The summed E-state index contributed by atoms with van der Waals surface area (Å²) in [7, 11) is 0. The topological polar surface area (TPSA) is 65.1 Å². The predicted molar refractivity (Wildman–Crippen MR) is 93.7 cm³/mol. The van der Waals surface area contributed by atoms with Crippen LogP contribution in [0.2, 0.25) is 0 Å². The Labute approximate surface area is 162 Å². The van der Waals surface area contributed by atoms with Gasteiger partial charge in [-0.3, -0.25) is 9.59 Å². The number of rotatable bonds is 1. The van der Waals surface area contributed by atoms with Crippen LogP contribution in [-0.2, 0) is 10.2 Å². The molecular formula is C20H14F3NO5. The Kier molecular flexibility index (Phi) is 3.48. The highest BCUT2D eigenvalue weighted by Gasteiger charge is 2.63. The van der Waals surface area contributed by atoms with Crippen molar-refractivity contribution in [2.24, 2.45) is 0 Å². The molecule has 29 heavy (non-hydrogen) atoms. The quantitative estimate of drug-likeness (QED) is 0.539. The number of halogens is 3. The van der Waals surface area contributed by atoms with E-state index < -0.39 is 23.4 Å². The SMILES string of the molecule is CC(=O)c1cccc2c1C1(COc3cc4c(cc31)OCCO4)C(=O)N2C(F)(F)F. The molecule has 0 saturated carbocycles. The number of hydrogen-bond donors (Lipinski definition) is 0. The first-order chi connectivity index (χ1) is 13.7. The lowest BCUT2D eigenvalue weighted by atomic mass is 9.74. The van der Waals surface area contributed by atoms with Crippen LogP contribution in [0.5, 0.6) is 17.2 Å². The largest absolute Gasteiger partial charge is 0.491 e. The summed E-state index contributed by atoms with van der Waals surface area (Å²) < 4.78 is 58.2. The fourth-order valence-corrected chi connectivity index (χ4v) is 4.30. The number of benzene rings is 2. The molecule has 9 heteroatoms. The molecule has 0 bridgehead atoms. The van der Waals surface area contributed by atoms with Crippen LogP contribution in [0.15, 0.2) is 30.3 Å². The van der Waals surface area contributed by atoms with Crippen LogP contribution in [0.1, 0.15) is 28.4 Å². The molecule has 3 heterocycles. The van der Waals surface area contributed by atoms with E-state index >= 15 is 0 Å². The Hall–Kier alpha value is -3.23. The number of carbonyl (C=O) groups is 2. The number of fused-ring (bicyclic) bond motifs is 5. The van der Waals surface area contributed by atoms with E-state index in [1.54, 1.807) is 0 Å². The Bertz CT molecular complexity index is 1080. The molecular weight excluding hydrogens is 391 g/mol. The highest BCUT2D eigenvalue weighted by Crippen LogP contribution is 2.57. The number of nitrogens with zero attached hydrogens (tertiary/aromatic N) is 1. The minimum atomic E-state index is -4.96. The Morgan fingerprint density at radius 2 is 1.76 bits per heavy atom. The second-order valence-corrected chi connectivity index (χ2v) is 7.05. The Morgan fingerprint density at radius 3 is 2.41 bits per heavy atom. The average Bonchev–Trinajstić information content (AvgIpc) is 3.16. The van der Waals surface area contributed by atoms with E-state index in [1.807, 2.05) is 0 Å². The van der Waals surface area contributed by atoms with Crippen LogP contribution < -0.4 is 19.1 Å². The number of hydrogen-bond acceptors (Lipinski definition) is 5. The molecule has 0 aromatic heterocycles. The van der Waals surface area contributed by atoms with Gasteiger partial charge in [0, 0.05) is 22.8 Å². The minimum Gasteiger partial charge on any atom is -0.491 e. The molecule has 150 valence electrons. The lowest BCUT2D eigenvalue weighted by Crippen LogP contribution is -2.48. The number of amides is 1. The Morgan fingerprint density at radius 1 is 1.07 bits per heavy atom. The van der Waals surface area contributed by atoms with E-state index in [2.05, 4.69) is 0 Å². The molecule has 3 aliphatic rings. The second-order valence-electron chi connectivity index (χ2n) is 7.05. The van der Waals surface area contributed by atoms with E-state index in [9.17, 15) is 22.8 Å². The maximum Gasteiger partial charge on any atom is 0.491 e. The summed E-state index contributed by atoms with van der Waals surface area (Å²) in [6.45, 7) is 1.51. The van der Waals surface area contributed by atoms with Crippen molar-refractivity contribution in [3.05, 3.63) is 47.0 Å². The van der Waals surface area contributed by atoms with E-state index in [-0.39, 0.29) is 46.2 Å². The van der Waals surface area contributed by atoms with Crippen molar-refractivity contribution in [1.82, 2.24) is 0 Å². The van der Waals surface area contributed by atoms with Gasteiger partial charge < -0.3 is 14.2 Å². The van der Waals surface area contributed by atoms with Gasteiger partial charge in [0.1, 0.15) is 31.0 Å². The van der Waals surface area contributed by atoms with Crippen molar-refractivity contribution < 1.29 is 37.0 Å². The Balaban J connectivity index is 1.83. The summed E-state index contributed by atoms with van der Waals surface area (Å²) in [6, 6.07) is 6.94. The molecule has 3 aliphatic heterocycles. The van der Waals surface area contributed by atoms with Crippen molar-refractivity contribution in [2.75, 3.05) is 24.7 Å². The molecule has 1 amide bonds. The fraction of sp³-hybridized carbons (Fsp3) is 0.300. The van der Waals surface area contributed by atoms with Gasteiger partial charge in [0.15, 0.2) is 17.3 Å². The summed E-state index contributed by atoms with van der Waals surface area (Å²) in [6.07, 6.45) is -4.96. The van der Waals surface area contributed by atoms with Gasteiger partial charge in [0.05, 0.1) is 5.69 Å². The lowest BCUT2D eigenvalue weighted by Gasteiger charge is -2.25.